The van der Waals surface area contributed by atoms with Crippen LogP contribution in [0.5, 0.6) is 11.5 Å². The number of nitrogens with zero attached hydrogens (tertiary/aromatic N) is 3. The smallest absolute Gasteiger partial charge is 0.256 e. The van der Waals surface area contributed by atoms with Crippen molar-refractivity contribution in [3.05, 3.63) is 69.5 Å². The molecule has 0 spiro atoms. The number of ether oxygens (including phenoxy) is 2. The van der Waals surface area contributed by atoms with Gasteiger partial charge in [0.25, 0.3) is 11.5 Å². The maximum Gasteiger partial charge on any atom is 0.256 e. The number of aromatic nitrogens is 4. The number of aromatic amines is 1. The Labute approximate surface area is 175 Å². The summed E-state index contributed by atoms with van der Waals surface area (Å²) >= 11 is 5.92. The molecule has 0 saturated heterocycles. The molecule has 2 N–H and O–H groups in total. The minimum absolute atomic E-state index is 0.168. The maximum absolute atomic E-state index is 12.8. The molecule has 0 saturated carbocycles. The fourth-order valence-electron chi connectivity index (χ4n) is 2.87. The number of nitrogens with one attached hydrogen (secondary N) is 2. The molecule has 0 aliphatic rings. The van der Waals surface area contributed by atoms with Gasteiger partial charge in [-0.1, -0.05) is 11.6 Å². The molecule has 9 nitrogen and oxygen atoms in total. The van der Waals surface area contributed by atoms with Gasteiger partial charge in [-0.25, -0.2) is 0 Å². The van der Waals surface area contributed by atoms with Crippen LogP contribution in [0.3, 0.4) is 0 Å². The van der Waals surface area contributed by atoms with E-state index in [1.807, 2.05) is 0 Å². The van der Waals surface area contributed by atoms with Crippen molar-refractivity contribution in [3.8, 4) is 22.9 Å². The van der Waals surface area contributed by atoms with Crippen molar-refractivity contribution in [1.82, 2.24) is 19.6 Å². The number of hydrogen-bond donors (Lipinski definition) is 2. The minimum Gasteiger partial charge on any atom is -0.493 e. The summed E-state index contributed by atoms with van der Waals surface area (Å²) in [4.78, 5) is 31.7. The van der Waals surface area contributed by atoms with Gasteiger partial charge in [0.05, 0.1) is 14.2 Å². The highest BCUT2D eigenvalue weighted by Crippen LogP contribution is 2.28. The summed E-state index contributed by atoms with van der Waals surface area (Å²) < 4.78 is 11.8. The number of carbonyl (C=O) groups is 1. The second kappa shape index (κ2) is 7.88. The molecule has 0 aliphatic heterocycles. The number of amides is 1. The second-order valence-corrected chi connectivity index (χ2v) is 6.66. The molecular formula is C20H16ClN5O4. The zero-order valence-electron chi connectivity index (χ0n) is 16.0. The van der Waals surface area contributed by atoms with E-state index in [2.05, 4.69) is 20.4 Å². The standard InChI is InChI=1S/C20H16ClN5O4/c1-29-14-8-5-12(9-15(14)30-2)19(28)22-16-10-17(27)23-20-24-18(25-26(16)20)11-3-6-13(21)7-4-11/h3-10H,1-2H3,(H,22,28)(H,23,24,25,27). The van der Waals surface area contributed by atoms with E-state index in [0.29, 0.717) is 33.5 Å². The normalized spacial score (nSPS) is 10.8. The summed E-state index contributed by atoms with van der Waals surface area (Å²) in [5.74, 6) is 1.18. The number of carbonyl (C=O) groups excluding carboxylic acids is 1. The third kappa shape index (κ3) is 3.70. The van der Waals surface area contributed by atoms with Crippen LogP contribution in [0.1, 0.15) is 10.4 Å². The van der Waals surface area contributed by atoms with Crippen LogP contribution in [-0.4, -0.2) is 39.7 Å². The molecule has 2 aromatic carbocycles. The number of H-pyrrole nitrogens is 1. The van der Waals surface area contributed by atoms with E-state index < -0.39 is 11.5 Å². The van der Waals surface area contributed by atoms with Crippen LogP contribution in [-0.2, 0) is 0 Å². The Morgan fingerprint density at radius 1 is 1.07 bits per heavy atom. The van der Waals surface area contributed by atoms with Gasteiger partial charge >= 0.3 is 0 Å². The number of hydrogen-bond acceptors (Lipinski definition) is 6. The average Bonchev–Trinajstić information content (AvgIpc) is 3.17. The molecule has 4 aromatic rings. The van der Waals surface area contributed by atoms with E-state index in [1.54, 1.807) is 42.5 Å². The first-order valence-electron chi connectivity index (χ1n) is 8.78. The van der Waals surface area contributed by atoms with Gasteiger partial charge in [-0.05, 0) is 42.5 Å². The lowest BCUT2D eigenvalue weighted by Gasteiger charge is -2.10. The van der Waals surface area contributed by atoms with Crippen molar-refractivity contribution in [1.29, 1.82) is 0 Å². The monoisotopic (exact) mass is 425 g/mol. The van der Waals surface area contributed by atoms with Crippen LogP contribution in [0.4, 0.5) is 5.82 Å². The number of anilines is 1. The predicted molar refractivity (Wildman–Crippen MR) is 112 cm³/mol. The second-order valence-electron chi connectivity index (χ2n) is 6.22. The van der Waals surface area contributed by atoms with E-state index >= 15 is 0 Å². The van der Waals surface area contributed by atoms with E-state index in [0.717, 1.165) is 0 Å². The molecular weight excluding hydrogens is 410 g/mol. The van der Waals surface area contributed by atoms with Crippen LogP contribution in [0.25, 0.3) is 17.2 Å². The van der Waals surface area contributed by atoms with Gasteiger partial charge in [0.15, 0.2) is 17.3 Å². The Kier molecular flexibility index (Phi) is 5.11. The van der Waals surface area contributed by atoms with Crippen molar-refractivity contribution in [2.24, 2.45) is 0 Å². The molecule has 152 valence electrons. The highest BCUT2D eigenvalue weighted by atomic mass is 35.5. The lowest BCUT2D eigenvalue weighted by Crippen LogP contribution is -2.18. The molecule has 2 heterocycles. The Hall–Kier alpha value is -3.85. The van der Waals surface area contributed by atoms with Crippen LogP contribution in [0.15, 0.2) is 53.3 Å². The summed E-state index contributed by atoms with van der Waals surface area (Å²) in [6.45, 7) is 0. The van der Waals surface area contributed by atoms with Crippen molar-refractivity contribution in [2.45, 2.75) is 0 Å². The summed E-state index contributed by atoms with van der Waals surface area (Å²) in [5, 5.41) is 7.67. The molecule has 4 rings (SSSR count). The van der Waals surface area contributed by atoms with Crippen LogP contribution < -0.4 is 20.3 Å². The quantitative estimate of drug-likeness (QED) is 0.508. The first-order chi connectivity index (χ1) is 14.5. The third-order valence-electron chi connectivity index (χ3n) is 4.33. The Balaban J connectivity index is 1.71. The Morgan fingerprint density at radius 3 is 2.50 bits per heavy atom. The van der Waals surface area contributed by atoms with Gasteiger partial charge in [-0.2, -0.15) is 9.50 Å². The molecule has 0 bridgehead atoms. The fraction of sp³-hybridized carbons (Fsp3) is 0.100. The number of rotatable bonds is 5. The molecule has 0 atom stereocenters. The zero-order chi connectivity index (χ0) is 21.3. The number of fused-ring (bicyclic) bond motifs is 1. The predicted octanol–water partition coefficient (Wildman–Crippen LogP) is 3.01. The molecule has 0 radical (unpaired) electrons. The van der Waals surface area contributed by atoms with Gasteiger partial charge in [0.1, 0.15) is 5.82 Å². The van der Waals surface area contributed by atoms with Gasteiger partial charge < -0.3 is 14.8 Å². The molecule has 0 fully saturated rings. The zero-order valence-corrected chi connectivity index (χ0v) is 16.7. The largest absolute Gasteiger partial charge is 0.493 e. The molecule has 30 heavy (non-hydrogen) atoms. The summed E-state index contributed by atoms with van der Waals surface area (Å²) in [6, 6.07) is 12.9. The molecule has 2 aromatic heterocycles. The molecule has 10 heteroatoms. The molecule has 0 aliphatic carbocycles. The van der Waals surface area contributed by atoms with E-state index in [1.165, 1.54) is 24.8 Å². The van der Waals surface area contributed by atoms with Crippen molar-refractivity contribution in [3.63, 3.8) is 0 Å². The SMILES string of the molecule is COc1ccc(C(=O)Nc2cc(=O)[nH]c3nc(-c4ccc(Cl)cc4)nn23)cc1OC. The summed E-state index contributed by atoms with van der Waals surface area (Å²) in [6.07, 6.45) is 0. The van der Waals surface area contributed by atoms with Crippen molar-refractivity contribution >= 4 is 29.1 Å². The van der Waals surface area contributed by atoms with E-state index in [9.17, 15) is 9.59 Å². The van der Waals surface area contributed by atoms with Crippen molar-refractivity contribution in [2.75, 3.05) is 19.5 Å². The highest BCUT2D eigenvalue weighted by Gasteiger charge is 2.15. The number of benzene rings is 2. The Bertz CT molecular complexity index is 1300. The lowest BCUT2D eigenvalue weighted by molar-refractivity contribution is 0.102. The van der Waals surface area contributed by atoms with E-state index in [4.69, 9.17) is 21.1 Å². The maximum atomic E-state index is 12.8. The van der Waals surface area contributed by atoms with Gasteiger partial charge in [0, 0.05) is 22.2 Å². The number of halogens is 1. The van der Waals surface area contributed by atoms with Crippen LogP contribution in [0, 0.1) is 0 Å². The third-order valence-corrected chi connectivity index (χ3v) is 4.58. The lowest BCUT2D eigenvalue weighted by atomic mass is 10.2. The van der Waals surface area contributed by atoms with Gasteiger partial charge in [-0.15, -0.1) is 5.10 Å². The summed E-state index contributed by atoms with van der Waals surface area (Å²) in [7, 11) is 2.99. The summed E-state index contributed by atoms with van der Waals surface area (Å²) in [5.41, 5.74) is 0.598. The topological polar surface area (TPSA) is 111 Å². The van der Waals surface area contributed by atoms with Crippen molar-refractivity contribution < 1.29 is 14.3 Å². The van der Waals surface area contributed by atoms with Crippen LogP contribution >= 0.6 is 11.6 Å². The fourth-order valence-corrected chi connectivity index (χ4v) is 2.99. The van der Waals surface area contributed by atoms with Crippen LogP contribution in [0.2, 0.25) is 5.02 Å². The number of methoxy groups -OCH3 is 2. The first kappa shape index (κ1) is 19.5. The van der Waals surface area contributed by atoms with Gasteiger partial charge in [-0.3, -0.25) is 14.6 Å². The molecule has 1 amide bonds. The molecule has 0 unspecified atom stereocenters. The Morgan fingerprint density at radius 2 is 1.80 bits per heavy atom. The average molecular weight is 426 g/mol. The first-order valence-corrected chi connectivity index (χ1v) is 9.15. The minimum atomic E-state index is -0.452. The van der Waals surface area contributed by atoms with E-state index in [-0.39, 0.29) is 11.6 Å². The highest BCUT2D eigenvalue weighted by molar-refractivity contribution is 6.30. The van der Waals surface area contributed by atoms with Gasteiger partial charge in [0.2, 0.25) is 5.78 Å².